The molecule has 0 bridgehead atoms. The summed E-state index contributed by atoms with van der Waals surface area (Å²) >= 11 is 0. The summed E-state index contributed by atoms with van der Waals surface area (Å²) in [7, 11) is 0. The minimum atomic E-state index is -1.27. The number of aliphatic hydroxyl groups excluding tert-OH is 4. The molecule has 0 amide bonds. The molecule has 4 atom stereocenters. The number of carbonyl (C=O) groups is 2. The van der Waals surface area contributed by atoms with E-state index in [0.29, 0.717) is 12.3 Å². The van der Waals surface area contributed by atoms with Crippen LogP contribution in [0.3, 0.4) is 0 Å². The van der Waals surface area contributed by atoms with E-state index in [1.807, 2.05) is 6.92 Å². The van der Waals surface area contributed by atoms with Gasteiger partial charge in [-0.2, -0.15) is 0 Å². The summed E-state index contributed by atoms with van der Waals surface area (Å²) in [6.45, 7) is 9.33. The van der Waals surface area contributed by atoms with Crippen LogP contribution in [0.25, 0.3) is 0 Å². The Bertz CT molecular complexity index is 368. The Morgan fingerprint density at radius 1 is 0.800 bits per heavy atom. The molecule has 7 heteroatoms. The van der Waals surface area contributed by atoms with Crippen molar-refractivity contribution in [3.63, 3.8) is 0 Å². The molecule has 25 heavy (non-hydrogen) atoms. The lowest BCUT2D eigenvalue weighted by Crippen LogP contribution is -2.30. The number of carbonyl (C=O) groups excluding carboxylic acids is 1. The molecular weight excluding hydrogens is 328 g/mol. The van der Waals surface area contributed by atoms with E-state index in [-0.39, 0.29) is 30.3 Å². The maximum atomic E-state index is 11.2. The van der Waals surface area contributed by atoms with E-state index in [1.54, 1.807) is 13.8 Å². The lowest BCUT2D eigenvalue weighted by Gasteiger charge is -2.15. The van der Waals surface area contributed by atoms with E-state index in [1.165, 1.54) is 0 Å². The molecule has 0 heterocycles. The molecule has 0 aliphatic carbocycles. The van der Waals surface area contributed by atoms with Gasteiger partial charge >= 0.3 is 5.97 Å². The number of hydrogen-bond acceptors (Lipinski definition) is 6. The van der Waals surface area contributed by atoms with Crippen molar-refractivity contribution in [1.29, 1.82) is 0 Å². The van der Waals surface area contributed by atoms with Crippen molar-refractivity contribution >= 4 is 11.8 Å². The molecule has 0 rings (SSSR count). The zero-order valence-electron chi connectivity index (χ0n) is 16.1. The second kappa shape index (κ2) is 14.2. The van der Waals surface area contributed by atoms with Crippen LogP contribution in [0.4, 0.5) is 0 Å². The Morgan fingerprint density at radius 2 is 1.32 bits per heavy atom. The first-order chi connectivity index (χ1) is 11.4. The van der Waals surface area contributed by atoms with Gasteiger partial charge in [0, 0.05) is 12.3 Å². The van der Waals surface area contributed by atoms with E-state index < -0.39 is 24.6 Å². The smallest absolute Gasteiger partial charge is 0.305 e. The van der Waals surface area contributed by atoms with Gasteiger partial charge in [-0.1, -0.05) is 34.6 Å². The van der Waals surface area contributed by atoms with E-state index >= 15 is 0 Å². The minimum Gasteiger partial charge on any atom is -0.481 e. The summed E-state index contributed by atoms with van der Waals surface area (Å²) in [6.07, 6.45) is -1.74. The van der Waals surface area contributed by atoms with Crippen molar-refractivity contribution < 1.29 is 35.1 Å². The number of Topliss-reactive ketones (excluding diaryl/α,β-unsaturated/α-hetero) is 1. The highest BCUT2D eigenvalue weighted by Gasteiger charge is 2.22. The summed E-state index contributed by atoms with van der Waals surface area (Å²) in [5, 5.41) is 45.3. The number of ketones is 1. The monoisotopic (exact) mass is 364 g/mol. The van der Waals surface area contributed by atoms with Crippen molar-refractivity contribution in [2.24, 2.45) is 11.8 Å². The zero-order chi connectivity index (χ0) is 20.2. The minimum absolute atomic E-state index is 0.219. The van der Waals surface area contributed by atoms with Gasteiger partial charge in [0.2, 0.25) is 0 Å². The number of aliphatic hydroxyl groups is 4. The van der Waals surface area contributed by atoms with Crippen LogP contribution < -0.4 is 0 Å². The van der Waals surface area contributed by atoms with Crippen LogP contribution >= 0.6 is 0 Å². The Labute approximate surface area is 150 Å². The average molecular weight is 364 g/mol. The molecule has 0 saturated carbocycles. The lowest BCUT2D eigenvalue weighted by molar-refractivity contribution is -0.141. The van der Waals surface area contributed by atoms with Gasteiger partial charge in [0.15, 0.2) is 5.78 Å². The molecule has 0 radical (unpaired) electrons. The van der Waals surface area contributed by atoms with Crippen LogP contribution in [0, 0.1) is 11.8 Å². The molecule has 5 N–H and O–H groups in total. The molecule has 7 nitrogen and oxygen atoms in total. The molecular formula is C18H36O7. The highest BCUT2D eigenvalue weighted by Crippen LogP contribution is 2.11. The number of rotatable bonds is 11. The van der Waals surface area contributed by atoms with Gasteiger partial charge in [-0.3, -0.25) is 9.59 Å². The fraction of sp³-hybridized carbons (Fsp3) is 0.889. The van der Waals surface area contributed by atoms with Crippen molar-refractivity contribution in [1.82, 2.24) is 0 Å². The van der Waals surface area contributed by atoms with Crippen LogP contribution in [0.5, 0.6) is 0 Å². The third kappa shape index (κ3) is 16.2. The Hall–Kier alpha value is -1.02. The molecule has 0 unspecified atom stereocenters. The first kappa shape index (κ1) is 26.2. The van der Waals surface area contributed by atoms with E-state index in [2.05, 4.69) is 13.8 Å². The summed E-state index contributed by atoms with van der Waals surface area (Å²) in [5.41, 5.74) is 0. The van der Waals surface area contributed by atoms with E-state index in [9.17, 15) is 24.9 Å². The predicted octanol–water partition coefficient (Wildman–Crippen LogP) is 1.35. The predicted molar refractivity (Wildman–Crippen MR) is 95.1 cm³/mol. The van der Waals surface area contributed by atoms with Crippen LogP contribution in [0.15, 0.2) is 0 Å². The molecule has 0 aliphatic heterocycles. The number of carboxylic acid groups (broad SMARTS) is 1. The highest BCUT2D eigenvalue weighted by molar-refractivity contribution is 5.84. The van der Waals surface area contributed by atoms with Crippen LogP contribution in [0.1, 0.15) is 66.7 Å². The van der Waals surface area contributed by atoms with Crippen LogP contribution in [-0.2, 0) is 9.59 Å². The van der Waals surface area contributed by atoms with Gasteiger partial charge in [0.05, 0.1) is 24.7 Å². The molecule has 0 aromatic rings. The van der Waals surface area contributed by atoms with Gasteiger partial charge in [-0.25, -0.2) is 0 Å². The summed E-state index contributed by atoms with van der Waals surface area (Å²) in [4.78, 5) is 21.3. The van der Waals surface area contributed by atoms with Gasteiger partial charge < -0.3 is 25.5 Å². The molecule has 0 aromatic carbocycles. The highest BCUT2D eigenvalue weighted by atomic mass is 16.4. The first-order valence-corrected chi connectivity index (χ1v) is 8.88. The first-order valence-electron chi connectivity index (χ1n) is 8.88. The van der Waals surface area contributed by atoms with E-state index in [4.69, 9.17) is 10.2 Å². The summed E-state index contributed by atoms with van der Waals surface area (Å²) < 4.78 is 0. The quantitative estimate of drug-likeness (QED) is 0.373. The fourth-order valence-electron chi connectivity index (χ4n) is 2.16. The normalized spacial score (nSPS) is 16.0. The van der Waals surface area contributed by atoms with Crippen molar-refractivity contribution in [3.8, 4) is 0 Å². The topological polar surface area (TPSA) is 135 Å². The van der Waals surface area contributed by atoms with E-state index in [0.717, 1.165) is 12.8 Å². The lowest BCUT2D eigenvalue weighted by atomic mass is 9.98. The third-order valence-electron chi connectivity index (χ3n) is 3.56. The zero-order valence-corrected chi connectivity index (χ0v) is 16.1. The maximum absolute atomic E-state index is 11.2. The van der Waals surface area contributed by atoms with Gasteiger partial charge in [-0.05, 0) is 25.2 Å². The Kier molecular flexibility index (Phi) is 14.9. The molecule has 0 aliphatic rings. The number of hydrogen-bond donors (Lipinski definition) is 5. The molecule has 0 aromatic heterocycles. The summed E-state index contributed by atoms with van der Waals surface area (Å²) in [6, 6.07) is 0. The molecule has 0 spiro atoms. The fourth-order valence-corrected chi connectivity index (χ4v) is 2.16. The maximum Gasteiger partial charge on any atom is 0.305 e. The largest absolute Gasteiger partial charge is 0.481 e. The molecule has 150 valence electrons. The summed E-state index contributed by atoms with van der Waals surface area (Å²) in [5.74, 6) is -1.34. The van der Waals surface area contributed by atoms with Gasteiger partial charge in [0.25, 0.3) is 0 Å². The average Bonchev–Trinajstić information content (AvgIpc) is 2.44. The number of carboxylic acids is 1. The Balaban J connectivity index is 0. The second-order valence-electron chi connectivity index (χ2n) is 7.14. The SMILES string of the molecule is CC(C)C(=O)[C@@H](O)C[C@@H](O)CC(=O)O.CC[C@H](O)C[C@H](O)CC(C)C. The second-order valence-corrected chi connectivity index (χ2v) is 7.14. The van der Waals surface area contributed by atoms with Crippen LogP contribution in [0.2, 0.25) is 0 Å². The molecule has 0 saturated heterocycles. The van der Waals surface area contributed by atoms with Crippen molar-refractivity contribution in [3.05, 3.63) is 0 Å². The van der Waals surface area contributed by atoms with Crippen molar-refractivity contribution in [2.45, 2.75) is 91.1 Å². The standard InChI is InChI=1S/C9H16O5.C9H20O2/c1-5(2)9(14)7(11)3-6(10)4-8(12)13;1-4-8(10)6-9(11)5-7(2)3/h5-7,10-11H,3-4H2,1-2H3,(H,12,13);7-11H,4-6H2,1-3H3/t6-,7+;8-,9+/m10/s1. The van der Waals surface area contributed by atoms with Gasteiger partial charge in [-0.15, -0.1) is 0 Å². The number of aliphatic carboxylic acids is 1. The third-order valence-corrected chi connectivity index (χ3v) is 3.56. The Morgan fingerprint density at radius 3 is 1.68 bits per heavy atom. The molecule has 0 fully saturated rings. The van der Waals surface area contributed by atoms with Crippen LogP contribution in [-0.4, -0.2) is 61.7 Å². The van der Waals surface area contributed by atoms with Crippen molar-refractivity contribution in [2.75, 3.05) is 0 Å². The van der Waals surface area contributed by atoms with Gasteiger partial charge in [0.1, 0.15) is 6.10 Å².